The highest BCUT2D eigenvalue weighted by atomic mass is 16.9. The van der Waals surface area contributed by atoms with Crippen molar-refractivity contribution in [1.29, 1.82) is 0 Å². The summed E-state index contributed by atoms with van der Waals surface area (Å²) in [5.74, 6) is -0.254. The van der Waals surface area contributed by atoms with Gasteiger partial charge in [-0.2, -0.15) is 0 Å². The first-order valence-electron chi connectivity index (χ1n) is 13.8. The first kappa shape index (κ1) is 27.5. The van der Waals surface area contributed by atoms with Gasteiger partial charge in [0.2, 0.25) is 0 Å². The van der Waals surface area contributed by atoms with E-state index in [1.54, 1.807) is 48.7 Å². The Kier molecular flexibility index (Phi) is 6.16. The van der Waals surface area contributed by atoms with Crippen LogP contribution in [-0.2, 0) is 9.47 Å². The van der Waals surface area contributed by atoms with E-state index in [1.165, 1.54) is 26.2 Å². The zero-order chi connectivity index (χ0) is 30.1. The third kappa shape index (κ3) is 4.74. The molecule has 0 bridgehead atoms. The average molecular weight is 591 g/mol. The Morgan fingerprint density at radius 2 is 1.65 bits per heavy atom. The molecular weight excluding hydrogens is 560 g/mol. The van der Waals surface area contributed by atoms with Crippen LogP contribution in [0, 0.1) is 0 Å². The van der Waals surface area contributed by atoms with Crippen molar-refractivity contribution in [1.82, 2.24) is 0 Å². The van der Waals surface area contributed by atoms with Crippen molar-refractivity contribution < 1.29 is 47.1 Å². The molecule has 1 spiro atoms. The fourth-order valence-corrected chi connectivity index (χ4v) is 5.28. The van der Waals surface area contributed by atoms with Crippen LogP contribution in [0.4, 0.5) is 0 Å². The van der Waals surface area contributed by atoms with E-state index in [9.17, 15) is 15.0 Å². The molecule has 1 fully saturated rings. The Labute approximate surface area is 244 Å². The van der Waals surface area contributed by atoms with E-state index in [0.29, 0.717) is 50.3 Å². The molecule has 2 aromatic carbocycles. The summed E-state index contributed by atoms with van der Waals surface area (Å²) in [6.07, 6.45) is 4.79. The van der Waals surface area contributed by atoms with Crippen LogP contribution in [0.25, 0.3) is 39.0 Å². The SMILES string of the molecule is CC(C)(O)[C@@H](O)COc1c2c(cc3occc13)O[C@@]1(C=C2)O[C@H](COc2c3ccoc3cc3oc(=O)ccc23)C(C)(C)O1. The van der Waals surface area contributed by atoms with E-state index in [4.69, 9.17) is 36.9 Å². The minimum absolute atomic E-state index is 0.0811. The van der Waals surface area contributed by atoms with Crippen LogP contribution in [0.15, 0.2) is 73.0 Å². The van der Waals surface area contributed by atoms with Crippen molar-refractivity contribution >= 4 is 39.0 Å². The van der Waals surface area contributed by atoms with Gasteiger partial charge in [-0.15, -0.1) is 0 Å². The van der Waals surface area contributed by atoms with E-state index in [2.05, 4.69) is 0 Å². The smallest absolute Gasteiger partial charge is 0.350 e. The van der Waals surface area contributed by atoms with E-state index in [-0.39, 0.29) is 13.2 Å². The van der Waals surface area contributed by atoms with Gasteiger partial charge in [0.15, 0.2) is 0 Å². The molecule has 3 atom stereocenters. The lowest BCUT2D eigenvalue weighted by Gasteiger charge is -2.31. The van der Waals surface area contributed by atoms with E-state index >= 15 is 0 Å². The molecule has 2 aliphatic rings. The summed E-state index contributed by atoms with van der Waals surface area (Å²) in [7, 11) is 0. The first-order valence-corrected chi connectivity index (χ1v) is 13.8. The van der Waals surface area contributed by atoms with Crippen molar-refractivity contribution in [2.75, 3.05) is 13.2 Å². The molecule has 2 aliphatic heterocycles. The van der Waals surface area contributed by atoms with Gasteiger partial charge < -0.3 is 47.1 Å². The summed E-state index contributed by atoms with van der Waals surface area (Å²) in [6.45, 7) is 6.70. The summed E-state index contributed by atoms with van der Waals surface area (Å²) in [5, 5.41) is 22.5. The predicted molar refractivity (Wildman–Crippen MR) is 154 cm³/mol. The molecule has 0 saturated carbocycles. The largest absolute Gasteiger partial charge is 0.489 e. The van der Waals surface area contributed by atoms with Gasteiger partial charge in [-0.05, 0) is 52.0 Å². The van der Waals surface area contributed by atoms with Crippen LogP contribution in [0.2, 0.25) is 0 Å². The molecular formula is C32H30O11. The lowest BCUT2D eigenvalue weighted by Crippen LogP contribution is -2.40. The van der Waals surface area contributed by atoms with Crippen LogP contribution in [0.3, 0.4) is 0 Å². The summed E-state index contributed by atoms with van der Waals surface area (Å²) >= 11 is 0. The van der Waals surface area contributed by atoms with Crippen LogP contribution >= 0.6 is 0 Å². The van der Waals surface area contributed by atoms with E-state index < -0.39 is 35.0 Å². The minimum atomic E-state index is -1.56. The number of aliphatic hydroxyl groups is 2. The number of hydrogen-bond donors (Lipinski definition) is 2. The lowest BCUT2D eigenvalue weighted by molar-refractivity contribution is -0.271. The van der Waals surface area contributed by atoms with Gasteiger partial charge in [0.05, 0.1) is 45.5 Å². The van der Waals surface area contributed by atoms with Crippen molar-refractivity contribution in [3.05, 3.63) is 71.0 Å². The van der Waals surface area contributed by atoms with Gasteiger partial charge in [-0.25, -0.2) is 4.79 Å². The number of rotatable bonds is 7. The van der Waals surface area contributed by atoms with E-state index in [0.717, 1.165) is 5.39 Å². The van der Waals surface area contributed by atoms with Gasteiger partial charge in [0.1, 0.15) is 59.4 Å². The molecule has 0 unspecified atom stereocenters. The highest BCUT2D eigenvalue weighted by molar-refractivity contribution is 6.01. The molecule has 0 amide bonds. The topological polar surface area (TPSA) is 143 Å². The molecule has 43 heavy (non-hydrogen) atoms. The van der Waals surface area contributed by atoms with Crippen molar-refractivity contribution in [3.63, 3.8) is 0 Å². The van der Waals surface area contributed by atoms with Crippen LogP contribution in [0.5, 0.6) is 17.2 Å². The Bertz CT molecular complexity index is 1940. The first-order chi connectivity index (χ1) is 20.4. The van der Waals surface area contributed by atoms with Gasteiger partial charge >= 0.3 is 11.6 Å². The quantitative estimate of drug-likeness (QED) is 0.244. The predicted octanol–water partition coefficient (Wildman–Crippen LogP) is 5.13. The van der Waals surface area contributed by atoms with Crippen molar-refractivity contribution in [2.24, 2.45) is 0 Å². The molecule has 11 nitrogen and oxygen atoms in total. The lowest BCUT2D eigenvalue weighted by atomic mass is 10.0. The standard InChI is InChI=1S/C32H30O11/c1-30(2,35)25(33)15-38-29-18-7-10-32(41-24(18)14-22-20(29)9-12-37-22)42-26(31(3,4)43-32)16-39-28-17-5-6-27(34)40-23(17)13-21-19(28)8-11-36-21/h5-14,25-26,33,35H,15-16H2,1-4H3/t25-,26+,32-/m0/s1. The maximum atomic E-state index is 11.8. The highest BCUT2D eigenvalue weighted by Gasteiger charge is 2.55. The second-order valence-electron chi connectivity index (χ2n) is 11.8. The summed E-state index contributed by atoms with van der Waals surface area (Å²) in [4.78, 5) is 11.8. The maximum absolute atomic E-state index is 11.8. The van der Waals surface area contributed by atoms with Gasteiger partial charge in [0.25, 0.3) is 0 Å². The molecule has 0 aliphatic carbocycles. The monoisotopic (exact) mass is 590 g/mol. The summed E-state index contributed by atoms with van der Waals surface area (Å²) in [5.41, 5.74) is -0.708. The number of benzene rings is 2. The summed E-state index contributed by atoms with van der Waals surface area (Å²) < 4.78 is 47.9. The van der Waals surface area contributed by atoms with Gasteiger partial charge in [0, 0.05) is 24.3 Å². The fourth-order valence-electron chi connectivity index (χ4n) is 5.28. The van der Waals surface area contributed by atoms with E-state index in [1.807, 2.05) is 13.8 Å². The van der Waals surface area contributed by atoms with Gasteiger partial charge in [-0.1, -0.05) is 0 Å². The zero-order valence-electron chi connectivity index (χ0n) is 23.9. The maximum Gasteiger partial charge on any atom is 0.350 e. The molecule has 11 heteroatoms. The highest BCUT2D eigenvalue weighted by Crippen LogP contribution is 2.48. The van der Waals surface area contributed by atoms with Crippen LogP contribution in [-0.4, -0.2) is 52.8 Å². The molecule has 5 aromatic rings. The van der Waals surface area contributed by atoms with Crippen molar-refractivity contribution in [3.8, 4) is 17.2 Å². The Morgan fingerprint density at radius 3 is 2.40 bits per heavy atom. The number of fused-ring (bicyclic) bond motifs is 4. The Morgan fingerprint density at radius 1 is 0.953 bits per heavy atom. The molecule has 0 radical (unpaired) electrons. The third-order valence-electron chi connectivity index (χ3n) is 7.79. The van der Waals surface area contributed by atoms with Crippen molar-refractivity contribution in [2.45, 2.75) is 57.1 Å². The number of furan rings is 2. The Hall–Kier alpha value is -4.29. The second kappa shape index (κ2) is 9.61. The molecule has 7 rings (SSSR count). The number of hydrogen-bond acceptors (Lipinski definition) is 11. The van der Waals surface area contributed by atoms with Crippen LogP contribution in [0.1, 0.15) is 33.3 Å². The third-order valence-corrected chi connectivity index (χ3v) is 7.79. The fraction of sp³-hybridized carbons (Fsp3) is 0.344. The molecule has 1 saturated heterocycles. The second-order valence-corrected chi connectivity index (χ2v) is 11.8. The number of aliphatic hydroxyl groups excluding tert-OH is 1. The zero-order valence-corrected chi connectivity index (χ0v) is 23.9. The number of ether oxygens (including phenoxy) is 5. The van der Waals surface area contributed by atoms with Gasteiger partial charge in [-0.3, -0.25) is 0 Å². The summed E-state index contributed by atoms with van der Waals surface area (Å²) in [6, 6.07) is 9.91. The molecule has 5 heterocycles. The molecule has 2 N–H and O–H groups in total. The van der Waals surface area contributed by atoms with Crippen LogP contribution < -0.4 is 19.8 Å². The molecule has 3 aromatic heterocycles. The average Bonchev–Trinajstić information content (AvgIpc) is 3.65. The molecule has 224 valence electrons. The minimum Gasteiger partial charge on any atom is -0.489 e. The Balaban J connectivity index is 1.17. The normalized spacial score (nSPS) is 21.9.